The molecule has 2 atom stereocenters. The number of likely N-dealkylation sites (tertiary alicyclic amines) is 1. The van der Waals surface area contributed by atoms with Crippen molar-refractivity contribution in [2.24, 2.45) is 17.8 Å². The maximum absolute atomic E-state index is 4.64. The van der Waals surface area contributed by atoms with Gasteiger partial charge in [-0.2, -0.15) is 0 Å². The molecule has 4 aliphatic rings. The minimum atomic E-state index is 0.548. The summed E-state index contributed by atoms with van der Waals surface area (Å²) in [5.74, 6) is 2.90. The zero-order valence-electron chi connectivity index (χ0n) is 25.5. The molecule has 1 aromatic carbocycles. The second-order valence-electron chi connectivity index (χ2n) is 11.8. The van der Waals surface area contributed by atoms with Crippen LogP contribution >= 0.6 is 0 Å². The van der Waals surface area contributed by atoms with Gasteiger partial charge in [0, 0.05) is 43.7 Å². The Morgan fingerprint density at radius 3 is 2.18 bits per heavy atom. The van der Waals surface area contributed by atoms with Crippen LogP contribution in [0.25, 0.3) is 0 Å². The molecule has 0 aromatic heterocycles. The van der Waals surface area contributed by atoms with Crippen LogP contribution in [0.5, 0.6) is 0 Å². The summed E-state index contributed by atoms with van der Waals surface area (Å²) >= 11 is 0. The Hall–Kier alpha value is -1.80. The zero-order chi connectivity index (χ0) is 27.3. The predicted octanol–water partition coefficient (Wildman–Crippen LogP) is 9.66. The van der Waals surface area contributed by atoms with Crippen LogP contribution in [0.15, 0.2) is 65.4 Å². The van der Waals surface area contributed by atoms with Crippen molar-refractivity contribution in [1.82, 2.24) is 10.2 Å². The summed E-state index contributed by atoms with van der Waals surface area (Å²) in [6.07, 6.45) is 17.4. The molecule has 1 N–H and O–H groups in total. The van der Waals surface area contributed by atoms with Crippen LogP contribution in [0.3, 0.4) is 0 Å². The molecular formula is C36H58N2. The summed E-state index contributed by atoms with van der Waals surface area (Å²) < 4.78 is 0. The van der Waals surface area contributed by atoms with Gasteiger partial charge in [-0.3, -0.25) is 0 Å². The number of piperidine rings is 1. The fourth-order valence-corrected chi connectivity index (χ4v) is 7.22. The van der Waals surface area contributed by atoms with Crippen LogP contribution in [-0.4, -0.2) is 31.1 Å². The van der Waals surface area contributed by atoms with Gasteiger partial charge in [0.2, 0.25) is 0 Å². The number of rotatable bonds is 6. The maximum atomic E-state index is 4.64. The topological polar surface area (TPSA) is 15.3 Å². The molecule has 2 heteroatoms. The van der Waals surface area contributed by atoms with Crippen molar-refractivity contribution < 1.29 is 0 Å². The minimum absolute atomic E-state index is 0.548. The van der Waals surface area contributed by atoms with Crippen molar-refractivity contribution in [3.63, 3.8) is 0 Å². The van der Waals surface area contributed by atoms with Gasteiger partial charge in [-0.15, -0.1) is 0 Å². The Morgan fingerprint density at radius 2 is 1.61 bits per heavy atom. The first-order valence-electron chi connectivity index (χ1n) is 16.2. The summed E-state index contributed by atoms with van der Waals surface area (Å²) in [4.78, 5) is 2.60. The molecule has 1 aromatic rings. The van der Waals surface area contributed by atoms with Crippen molar-refractivity contribution in [3.8, 4) is 0 Å². The standard InChI is InChI=1S/C27H38N2.C7H14.C2H6/c1-4-21-12-9-13-25(24(21)5-2)27-19-28-18-26(27)20(3)29-16-14-23(15-17-29)22-10-7-6-8-11-22;1-7-5-3-2-4-6-7;1-2/h6-8,10-11,13,23,26-28H,3-5,9,12,14-19H2,1-2H3;7H,2-6H2,1H3;1-2H3/t26-,27?;;/m0../s1. The molecule has 2 aliphatic heterocycles. The third-order valence-corrected chi connectivity index (χ3v) is 9.47. The van der Waals surface area contributed by atoms with Crippen LogP contribution in [0.4, 0.5) is 0 Å². The average Bonchev–Trinajstić information content (AvgIpc) is 3.48. The van der Waals surface area contributed by atoms with E-state index in [-0.39, 0.29) is 0 Å². The molecule has 0 bridgehead atoms. The molecule has 2 heterocycles. The van der Waals surface area contributed by atoms with Crippen LogP contribution in [0.1, 0.15) is 117 Å². The molecule has 0 spiro atoms. The Labute approximate surface area is 236 Å². The highest BCUT2D eigenvalue weighted by atomic mass is 15.2. The third-order valence-electron chi connectivity index (χ3n) is 9.47. The van der Waals surface area contributed by atoms with Gasteiger partial charge in [-0.05, 0) is 67.1 Å². The lowest BCUT2D eigenvalue weighted by atomic mass is 9.76. The molecule has 2 nitrogen and oxygen atoms in total. The highest BCUT2D eigenvalue weighted by Crippen LogP contribution is 2.41. The Morgan fingerprint density at radius 1 is 0.921 bits per heavy atom. The van der Waals surface area contributed by atoms with E-state index < -0.39 is 0 Å². The number of hydrogen-bond acceptors (Lipinski definition) is 2. The van der Waals surface area contributed by atoms with Crippen molar-refractivity contribution in [1.29, 1.82) is 0 Å². The lowest BCUT2D eigenvalue weighted by Crippen LogP contribution is -2.36. The quantitative estimate of drug-likeness (QED) is 0.403. The smallest absolute Gasteiger partial charge is 0.0188 e. The van der Waals surface area contributed by atoms with Crippen molar-refractivity contribution >= 4 is 0 Å². The van der Waals surface area contributed by atoms with Crippen LogP contribution < -0.4 is 5.32 Å². The van der Waals surface area contributed by atoms with E-state index in [2.05, 4.69) is 74.0 Å². The Kier molecular flexibility index (Phi) is 13.2. The van der Waals surface area contributed by atoms with Gasteiger partial charge in [-0.1, -0.05) is 115 Å². The van der Waals surface area contributed by atoms with Gasteiger partial charge < -0.3 is 10.2 Å². The SMILES string of the molecule is C=C([C@@H]1CNCC1C1=CCCC(CC)=C1CC)N1CCC(c2ccccc2)CC1.CC.CC1CCCCC1. The second kappa shape index (κ2) is 16.3. The molecule has 1 saturated carbocycles. The third kappa shape index (κ3) is 8.10. The van der Waals surface area contributed by atoms with E-state index in [0.717, 1.165) is 32.1 Å². The van der Waals surface area contributed by atoms with E-state index in [1.165, 1.54) is 81.9 Å². The van der Waals surface area contributed by atoms with Crippen LogP contribution in [0, 0.1) is 17.8 Å². The lowest BCUT2D eigenvalue weighted by molar-refractivity contribution is 0.233. The molecule has 212 valence electrons. The number of nitrogens with one attached hydrogen (secondary N) is 1. The largest absolute Gasteiger partial charge is 0.375 e. The maximum Gasteiger partial charge on any atom is 0.0188 e. The molecule has 5 rings (SSSR count). The van der Waals surface area contributed by atoms with E-state index in [9.17, 15) is 0 Å². The molecule has 0 amide bonds. The molecule has 2 aliphatic carbocycles. The summed E-state index contributed by atoms with van der Waals surface area (Å²) in [6, 6.07) is 11.1. The lowest BCUT2D eigenvalue weighted by Gasteiger charge is -2.39. The van der Waals surface area contributed by atoms with Gasteiger partial charge >= 0.3 is 0 Å². The summed E-state index contributed by atoms with van der Waals surface area (Å²) in [7, 11) is 0. The Bertz CT molecular complexity index is 881. The van der Waals surface area contributed by atoms with E-state index in [4.69, 9.17) is 0 Å². The first-order valence-corrected chi connectivity index (χ1v) is 16.2. The minimum Gasteiger partial charge on any atom is -0.375 e. The molecule has 0 radical (unpaired) electrons. The van der Waals surface area contributed by atoms with Crippen molar-refractivity contribution in [2.75, 3.05) is 26.2 Å². The molecule has 38 heavy (non-hydrogen) atoms. The van der Waals surface area contributed by atoms with Crippen molar-refractivity contribution in [3.05, 3.63) is 71.0 Å². The van der Waals surface area contributed by atoms with Crippen LogP contribution in [0.2, 0.25) is 0 Å². The molecule has 1 unspecified atom stereocenters. The van der Waals surface area contributed by atoms with Gasteiger partial charge in [0.05, 0.1) is 0 Å². The number of allylic oxidation sites excluding steroid dienone is 3. The summed E-state index contributed by atoms with van der Waals surface area (Å²) in [5.41, 5.74) is 7.89. The first kappa shape index (κ1) is 30.7. The van der Waals surface area contributed by atoms with Crippen molar-refractivity contribution in [2.45, 2.75) is 111 Å². The Balaban J connectivity index is 0.000000381. The number of hydrogen-bond donors (Lipinski definition) is 1. The second-order valence-corrected chi connectivity index (χ2v) is 11.8. The zero-order valence-corrected chi connectivity index (χ0v) is 25.5. The first-order chi connectivity index (χ1) is 18.6. The van der Waals surface area contributed by atoms with E-state index in [1.807, 2.05) is 13.8 Å². The molecule has 2 saturated heterocycles. The van der Waals surface area contributed by atoms with E-state index >= 15 is 0 Å². The molecular weight excluding hydrogens is 460 g/mol. The van der Waals surface area contributed by atoms with Gasteiger partial charge in [0.25, 0.3) is 0 Å². The van der Waals surface area contributed by atoms with Gasteiger partial charge in [-0.25, -0.2) is 0 Å². The summed E-state index contributed by atoms with van der Waals surface area (Å²) in [5, 5.41) is 3.70. The van der Waals surface area contributed by atoms with E-state index in [0.29, 0.717) is 17.8 Å². The highest BCUT2D eigenvalue weighted by molar-refractivity contribution is 5.42. The van der Waals surface area contributed by atoms with Gasteiger partial charge in [0.15, 0.2) is 0 Å². The number of benzene rings is 1. The van der Waals surface area contributed by atoms with Crippen LogP contribution in [-0.2, 0) is 0 Å². The van der Waals surface area contributed by atoms with E-state index in [1.54, 1.807) is 16.7 Å². The number of nitrogens with zero attached hydrogens (tertiary/aromatic N) is 1. The van der Waals surface area contributed by atoms with Gasteiger partial charge in [0.1, 0.15) is 0 Å². The monoisotopic (exact) mass is 518 g/mol. The highest BCUT2D eigenvalue weighted by Gasteiger charge is 2.36. The fraction of sp³-hybridized carbons (Fsp3) is 0.667. The normalized spacial score (nSPS) is 24.7. The summed E-state index contributed by atoms with van der Waals surface area (Å²) in [6.45, 7) is 20.2. The molecule has 3 fully saturated rings. The predicted molar refractivity (Wildman–Crippen MR) is 168 cm³/mol. The fourth-order valence-electron chi connectivity index (χ4n) is 7.22. The average molecular weight is 519 g/mol.